The van der Waals surface area contributed by atoms with Crippen LogP contribution in [0.3, 0.4) is 0 Å². The average molecular weight is 203 g/mol. The molecular formula is C14H21N. The predicted octanol–water partition coefficient (Wildman–Crippen LogP) is 3.54. The van der Waals surface area contributed by atoms with E-state index in [-0.39, 0.29) is 5.54 Å². The number of nitrogens with two attached hydrogens (primary N) is 1. The van der Waals surface area contributed by atoms with Gasteiger partial charge in [0.1, 0.15) is 0 Å². The minimum absolute atomic E-state index is 0.0577. The summed E-state index contributed by atoms with van der Waals surface area (Å²) in [6, 6.07) is 8.72. The Bertz CT molecular complexity index is 345. The Morgan fingerprint density at radius 3 is 2.87 bits per heavy atom. The molecule has 2 N–H and O–H groups in total. The van der Waals surface area contributed by atoms with Crippen LogP contribution in [0, 0.1) is 0 Å². The van der Waals surface area contributed by atoms with E-state index in [0.717, 1.165) is 12.8 Å². The molecule has 2 atom stereocenters. The van der Waals surface area contributed by atoms with Gasteiger partial charge in [0, 0.05) is 5.54 Å². The zero-order valence-electron chi connectivity index (χ0n) is 9.79. The molecule has 2 rings (SSSR count). The summed E-state index contributed by atoms with van der Waals surface area (Å²) in [5.74, 6) is 0.676. The molecule has 1 aliphatic rings. The standard InChI is InChI=1S/C14H21N/c1-3-9-14(15)10-8-11(2)12-6-4-5-7-13(12)14/h4-7,11H,3,8-10,15H2,1-2H3. The zero-order chi connectivity index (χ0) is 10.9. The highest BCUT2D eigenvalue weighted by Crippen LogP contribution is 2.41. The van der Waals surface area contributed by atoms with Crippen LogP contribution in [0.4, 0.5) is 0 Å². The number of hydrogen-bond donors (Lipinski definition) is 1. The molecule has 0 spiro atoms. The number of benzene rings is 1. The van der Waals surface area contributed by atoms with Crippen molar-refractivity contribution in [1.82, 2.24) is 0 Å². The first-order valence-electron chi connectivity index (χ1n) is 6.05. The van der Waals surface area contributed by atoms with Crippen molar-refractivity contribution >= 4 is 0 Å². The van der Waals surface area contributed by atoms with Crippen molar-refractivity contribution in [3.05, 3.63) is 35.4 Å². The monoisotopic (exact) mass is 203 g/mol. The van der Waals surface area contributed by atoms with Crippen molar-refractivity contribution in [2.24, 2.45) is 5.73 Å². The molecule has 2 unspecified atom stereocenters. The van der Waals surface area contributed by atoms with E-state index in [1.165, 1.54) is 24.0 Å². The molecule has 0 fully saturated rings. The summed E-state index contributed by atoms with van der Waals surface area (Å²) in [6.07, 6.45) is 4.64. The van der Waals surface area contributed by atoms with Gasteiger partial charge in [-0.05, 0) is 36.3 Å². The fourth-order valence-electron chi connectivity index (χ4n) is 2.85. The third kappa shape index (κ3) is 1.81. The van der Waals surface area contributed by atoms with Gasteiger partial charge in [0.2, 0.25) is 0 Å². The van der Waals surface area contributed by atoms with Crippen molar-refractivity contribution in [3.63, 3.8) is 0 Å². The van der Waals surface area contributed by atoms with Crippen LogP contribution in [-0.4, -0.2) is 0 Å². The van der Waals surface area contributed by atoms with Crippen LogP contribution in [0.1, 0.15) is 56.6 Å². The fraction of sp³-hybridized carbons (Fsp3) is 0.571. The second kappa shape index (κ2) is 3.97. The van der Waals surface area contributed by atoms with E-state index in [4.69, 9.17) is 5.73 Å². The summed E-state index contributed by atoms with van der Waals surface area (Å²) in [6.45, 7) is 4.53. The Hall–Kier alpha value is -0.820. The van der Waals surface area contributed by atoms with Crippen LogP contribution in [0.2, 0.25) is 0 Å². The lowest BCUT2D eigenvalue weighted by Gasteiger charge is -2.38. The second-order valence-electron chi connectivity index (χ2n) is 4.93. The molecular weight excluding hydrogens is 182 g/mol. The second-order valence-corrected chi connectivity index (χ2v) is 4.93. The molecule has 0 bridgehead atoms. The summed E-state index contributed by atoms with van der Waals surface area (Å²) in [5, 5.41) is 0. The quantitative estimate of drug-likeness (QED) is 0.781. The van der Waals surface area contributed by atoms with E-state index in [0.29, 0.717) is 5.92 Å². The summed E-state index contributed by atoms with van der Waals surface area (Å²) < 4.78 is 0. The van der Waals surface area contributed by atoms with Gasteiger partial charge in [-0.1, -0.05) is 44.5 Å². The van der Waals surface area contributed by atoms with Gasteiger partial charge >= 0.3 is 0 Å². The van der Waals surface area contributed by atoms with Crippen LogP contribution in [0.15, 0.2) is 24.3 Å². The summed E-state index contributed by atoms with van der Waals surface area (Å²) in [4.78, 5) is 0. The molecule has 0 heterocycles. The molecule has 1 aromatic carbocycles. The van der Waals surface area contributed by atoms with Gasteiger partial charge in [-0.2, -0.15) is 0 Å². The lowest BCUT2D eigenvalue weighted by Crippen LogP contribution is -2.40. The van der Waals surface area contributed by atoms with Crippen molar-refractivity contribution in [3.8, 4) is 0 Å². The molecule has 15 heavy (non-hydrogen) atoms. The maximum absolute atomic E-state index is 6.54. The van der Waals surface area contributed by atoms with Crippen LogP contribution < -0.4 is 5.73 Å². The lowest BCUT2D eigenvalue weighted by molar-refractivity contribution is 0.325. The average Bonchev–Trinajstić information content (AvgIpc) is 2.25. The molecule has 1 heteroatoms. The van der Waals surface area contributed by atoms with E-state index in [1.807, 2.05) is 0 Å². The van der Waals surface area contributed by atoms with Crippen molar-refractivity contribution in [1.29, 1.82) is 0 Å². The Kier molecular flexibility index (Phi) is 2.83. The normalized spacial score (nSPS) is 29.9. The highest BCUT2D eigenvalue weighted by atomic mass is 14.7. The van der Waals surface area contributed by atoms with Gasteiger partial charge in [-0.25, -0.2) is 0 Å². The number of hydrogen-bond acceptors (Lipinski definition) is 1. The number of rotatable bonds is 2. The van der Waals surface area contributed by atoms with Gasteiger partial charge in [-0.3, -0.25) is 0 Å². The molecule has 1 aliphatic carbocycles. The first kappa shape index (κ1) is 10.7. The maximum Gasteiger partial charge on any atom is 0.0412 e. The Morgan fingerprint density at radius 1 is 1.40 bits per heavy atom. The fourth-order valence-corrected chi connectivity index (χ4v) is 2.85. The van der Waals surface area contributed by atoms with Gasteiger partial charge in [0.15, 0.2) is 0 Å². The van der Waals surface area contributed by atoms with E-state index in [2.05, 4.69) is 38.1 Å². The van der Waals surface area contributed by atoms with E-state index in [9.17, 15) is 0 Å². The molecule has 0 saturated carbocycles. The van der Waals surface area contributed by atoms with Crippen LogP contribution in [0.25, 0.3) is 0 Å². The molecule has 0 radical (unpaired) electrons. The van der Waals surface area contributed by atoms with Crippen LogP contribution in [-0.2, 0) is 5.54 Å². The first-order valence-corrected chi connectivity index (χ1v) is 6.05. The van der Waals surface area contributed by atoms with Crippen molar-refractivity contribution in [2.75, 3.05) is 0 Å². The van der Waals surface area contributed by atoms with E-state index in [1.54, 1.807) is 0 Å². The number of fused-ring (bicyclic) bond motifs is 1. The maximum atomic E-state index is 6.54. The van der Waals surface area contributed by atoms with E-state index < -0.39 is 0 Å². The SMILES string of the molecule is CCCC1(N)CCC(C)c2ccccc21. The van der Waals surface area contributed by atoms with Gasteiger partial charge in [0.25, 0.3) is 0 Å². The third-order valence-corrected chi connectivity index (χ3v) is 3.75. The Labute approximate surface area is 92.7 Å². The topological polar surface area (TPSA) is 26.0 Å². The largest absolute Gasteiger partial charge is 0.321 e. The first-order chi connectivity index (χ1) is 7.17. The highest BCUT2D eigenvalue weighted by Gasteiger charge is 2.33. The Morgan fingerprint density at radius 2 is 2.13 bits per heavy atom. The molecule has 0 aromatic heterocycles. The summed E-state index contributed by atoms with van der Waals surface area (Å²) >= 11 is 0. The minimum atomic E-state index is -0.0577. The zero-order valence-corrected chi connectivity index (χ0v) is 9.79. The van der Waals surface area contributed by atoms with Gasteiger partial charge < -0.3 is 5.73 Å². The molecule has 0 amide bonds. The molecule has 82 valence electrons. The Balaban J connectivity index is 2.44. The molecule has 1 nitrogen and oxygen atoms in total. The molecule has 1 aromatic rings. The smallest absolute Gasteiger partial charge is 0.0412 e. The minimum Gasteiger partial charge on any atom is -0.321 e. The third-order valence-electron chi connectivity index (χ3n) is 3.75. The van der Waals surface area contributed by atoms with Crippen molar-refractivity contribution in [2.45, 2.75) is 51.0 Å². The van der Waals surface area contributed by atoms with Gasteiger partial charge in [0.05, 0.1) is 0 Å². The molecule has 0 aliphatic heterocycles. The van der Waals surface area contributed by atoms with Gasteiger partial charge in [-0.15, -0.1) is 0 Å². The summed E-state index contributed by atoms with van der Waals surface area (Å²) in [5.41, 5.74) is 9.35. The molecule has 0 saturated heterocycles. The van der Waals surface area contributed by atoms with Crippen LogP contribution >= 0.6 is 0 Å². The van der Waals surface area contributed by atoms with E-state index >= 15 is 0 Å². The van der Waals surface area contributed by atoms with Crippen molar-refractivity contribution < 1.29 is 0 Å². The predicted molar refractivity (Wildman–Crippen MR) is 64.9 cm³/mol. The van der Waals surface area contributed by atoms with Crippen LogP contribution in [0.5, 0.6) is 0 Å². The summed E-state index contributed by atoms with van der Waals surface area (Å²) in [7, 11) is 0. The highest BCUT2D eigenvalue weighted by molar-refractivity contribution is 5.38. The lowest BCUT2D eigenvalue weighted by atomic mass is 9.71.